The highest BCUT2D eigenvalue weighted by atomic mass is 16.5. The van der Waals surface area contributed by atoms with E-state index in [4.69, 9.17) is 14.7 Å². The van der Waals surface area contributed by atoms with E-state index in [0.717, 1.165) is 18.9 Å². The van der Waals surface area contributed by atoms with Gasteiger partial charge in [0.25, 0.3) is 0 Å². The van der Waals surface area contributed by atoms with Crippen molar-refractivity contribution < 1.29 is 14.3 Å². The molecule has 3 unspecified atom stereocenters. The van der Waals surface area contributed by atoms with Gasteiger partial charge in [-0.1, -0.05) is 19.8 Å². The number of hydrogen-bond donors (Lipinski definition) is 0. The van der Waals surface area contributed by atoms with E-state index in [1.54, 1.807) is 25.3 Å². The molecule has 0 radical (unpaired) electrons. The third-order valence-electron chi connectivity index (χ3n) is 6.14. The molecule has 1 aromatic carbocycles. The van der Waals surface area contributed by atoms with Gasteiger partial charge in [-0.25, -0.2) is 0 Å². The maximum Gasteiger partial charge on any atom is 0.222 e. The van der Waals surface area contributed by atoms with Crippen molar-refractivity contribution in [3.63, 3.8) is 0 Å². The summed E-state index contributed by atoms with van der Waals surface area (Å²) in [5.74, 6) is 2.87. The summed E-state index contributed by atoms with van der Waals surface area (Å²) in [6, 6.07) is 7.66. The van der Waals surface area contributed by atoms with Crippen molar-refractivity contribution in [1.82, 2.24) is 4.90 Å². The van der Waals surface area contributed by atoms with Gasteiger partial charge in [0.05, 0.1) is 25.3 Å². The number of nitriles is 1. The van der Waals surface area contributed by atoms with E-state index in [1.165, 1.54) is 25.7 Å². The van der Waals surface area contributed by atoms with Gasteiger partial charge in [-0.2, -0.15) is 5.26 Å². The molecule has 0 aromatic heterocycles. The van der Waals surface area contributed by atoms with Crippen LogP contribution in [0.2, 0.25) is 0 Å². The second kappa shape index (κ2) is 9.12. The van der Waals surface area contributed by atoms with Crippen LogP contribution in [0.4, 0.5) is 0 Å². The fourth-order valence-corrected chi connectivity index (χ4v) is 4.63. The lowest BCUT2D eigenvalue weighted by Crippen LogP contribution is -2.52. The molecule has 0 bridgehead atoms. The highest BCUT2D eigenvalue weighted by molar-refractivity contribution is 5.76. The molecule has 0 spiro atoms. The second-order valence-electron chi connectivity index (χ2n) is 7.80. The van der Waals surface area contributed by atoms with E-state index in [1.807, 2.05) is 0 Å². The Bertz CT molecular complexity index is 697. The summed E-state index contributed by atoms with van der Waals surface area (Å²) in [6.07, 6.45) is 7.34. The van der Waals surface area contributed by atoms with Crippen LogP contribution in [0.1, 0.15) is 57.4 Å². The van der Waals surface area contributed by atoms with Gasteiger partial charge in [-0.15, -0.1) is 0 Å². The van der Waals surface area contributed by atoms with E-state index in [-0.39, 0.29) is 5.91 Å². The minimum atomic E-state index is 0.272. The number of nitrogens with zero attached hydrogens (tertiary/aromatic N) is 2. The Morgan fingerprint density at radius 1 is 1.26 bits per heavy atom. The molecule has 1 aliphatic carbocycles. The van der Waals surface area contributed by atoms with E-state index < -0.39 is 0 Å². The van der Waals surface area contributed by atoms with Crippen molar-refractivity contribution in [3.05, 3.63) is 23.8 Å². The summed E-state index contributed by atoms with van der Waals surface area (Å²) >= 11 is 0. The van der Waals surface area contributed by atoms with Gasteiger partial charge in [0.2, 0.25) is 5.91 Å². The first-order chi connectivity index (χ1) is 13.1. The summed E-state index contributed by atoms with van der Waals surface area (Å²) in [5, 5.41) is 8.96. The molecule has 1 saturated carbocycles. The molecule has 1 heterocycles. The number of benzene rings is 1. The van der Waals surface area contributed by atoms with Crippen LogP contribution in [0.5, 0.6) is 11.5 Å². The van der Waals surface area contributed by atoms with Crippen molar-refractivity contribution >= 4 is 5.91 Å². The topological polar surface area (TPSA) is 62.6 Å². The van der Waals surface area contributed by atoms with Gasteiger partial charge < -0.3 is 14.4 Å². The molecule has 1 amide bonds. The molecule has 5 heteroatoms. The number of likely N-dealkylation sites (tertiary alicyclic amines) is 1. The van der Waals surface area contributed by atoms with Crippen LogP contribution in [0.25, 0.3) is 0 Å². The van der Waals surface area contributed by atoms with E-state index >= 15 is 0 Å². The molecule has 3 rings (SSSR count). The lowest BCUT2D eigenvalue weighted by atomic mass is 9.72. The first-order valence-electron chi connectivity index (χ1n) is 10.1. The van der Waals surface area contributed by atoms with Crippen LogP contribution < -0.4 is 9.47 Å². The van der Waals surface area contributed by atoms with E-state index in [2.05, 4.69) is 17.9 Å². The van der Waals surface area contributed by atoms with Crippen LogP contribution in [0.15, 0.2) is 18.2 Å². The van der Waals surface area contributed by atoms with Crippen LogP contribution in [-0.4, -0.2) is 37.1 Å². The van der Waals surface area contributed by atoms with Crippen LogP contribution >= 0.6 is 0 Å². The Labute approximate surface area is 162 Å². The maximum absolute atomic E-state index is 12.8. The number of amides is 1. The minimum Gasteiger partial charge on any atom is -0.493 e. The third-order valence-corrected chi connectivity index (χ3v) is 6.14. The molecule has 2 fully saturated rings. The number of ether oxygens (including phenoxy) is 2. The predicted octanol–water partition coefficient (Wildman–Crippen LogP) is 4.15. The number of rotatable bonds is 6. The Hall–Kier alpha value is -2.22. The highest BCUT2D eigenvalue weighted by Crippen LogP contribution is 2.39. The van der Waals surface area contributed by atoms with Gasteiger partial charge in [0, 0.05) is 25.1 Å². The van der Waals surface area contributed by atoms with Gasteiger partial charge in [-0.05, 0) is 49.7 Å². The molecule has 3 atom stereocenters. The van der Waals surface area contributed by atoms with Crippen LogP contribution in [0.3, 0.4) is 0 Å². The van der Waals surface area contributed by atoms with Crippen LogP contribution in [0, 0.1) is 23.2 Å². The van der Waals surface area contributed by atoms with Gasteiger partial charge in [0.1, 0.15) is 0 Å². The monoisotopic (exact) mass is 370 g/mol. The summed E-state index contributed by atoms with van der Waals surface area (Å²) in [4.78, 5) is 14.9. The molecule has 27 heavy (non-hydrogen) atoms. The van der Waals surface area contributed by atoms with Gasteiger partial charge in [-0.3, -0.25) is 4.79 Å². The molecule has 2 aliphatic rings. The Balaban J connectivity index is 1.49. The third kappa shape index (κ3) is 4.55. The second-order valence-corrected chi connectivity index (χ2v) is 7.80. The molecule has 0 N–H and O–H groups in total. The number of fused-ring (bicyclic) bond motifs is 1. The average Bonchev–Trinajstić information content (AvgIpc) is 2.71. The molecule has 146 valence electrons. The zero-order valence-electron chi connectivity index (χ0n) is 16.4. The minimum absolute atomic E-state index is 0.272. The maximum atomic E-state index is 12.8. The average molecular weight is 370 g/mol. The highest BCUT2D eigenvalue weighted by Gasteiger charge is 2.38. The van der Waals surface area contributed by atoms with E-state index in [0.29, 0.717) is 48.5 Å². The standard InChI is InChI=1S/C22H30N2O3/c1-16-11-12-24(19-7-4-3-6-18(16)19)22(25)8-5-13-27-20-10-9-17(15-23)14-21(20)26-2/h9-10,14,16,18-19H,3-8,11-13H2,1-2H3. The summed E-state index contributed by atoms with van der Waals surface area (Å²) in [5.41, 5.74) is 0.538. The number of methoxy groups -OCH3 is 1. The lowest BCUT2D eigenvalue weighted by molar-refractivity contribution is -0.139. The number of hydrogen-bond acceptors (Lipinski definition) is 4. The summed E-state index contributed by atoms with van der Waals surface area (Å²) in [6.45, 7) is 3.72. The first kappa shape index (κ1) is 19.5. The Morgan fingerprint density at radius 3 is 2.85 bits per heavy atom. The zero-order valence-corrected chi connectivity index (χ0v) is 16.4. The Kier molecular flexibility index (Phi) is 6.60. The quantitative estimate of drug-likeness (QED) is 0.706. The smallest absolute Gasteiger partial charge is 0.222 e. The van der Waals surface area contributed by atoms with Crippen molar-refractivity contribution in [3.8, 4) is 17.6 Å². The molecular formula is C22H30N2O3. The fraction of sp³-hybridized carbons (Fsp3) is 0.636. The molecular weight excluding hydrogens is 340 g/mol. The molecule has 1 aliphatic heterocycles. The SMILES string of the molecule is COc1cc(C#N)ccc1OCCCC(=O)N1CCC(C)C2CCCCC21. The number of carbonyl (C=O) groups excluding carboxylic acids is 1. The largest absolute Gasteiger partial charge is 0.493 e. The predicted molar refractivity (Wildman–Crippen MR) is 104 cm³/mol. The summed E-state index contributed by atoms with van der Waals surface area (Å²) < 4.78 is 11.1. The number of piperidine rings is 1. The van der Waals surface area contributed by atoms with Crippen molar-refractivity contribution in [2.75, 3.05) is 20.3 Å². The van der Waals surface area contributed by atoms with Gasteiger partial charge >= 0.3 is 0 Å². The first-order valence-corrected chi connectivity index (χ1v) is 10.1. The molecule has 1 saturated heterocycles. The Morgan fingerprint density at radius 2 is 2.07 bits per heavy atom. The van der Waals surface area contributed by atoms with Crippen molar-refractivity contribution in [2.24, 2.45) is 11.8 Å². The van der Waals surface area contributed by atoms with Crippen molar-refractivity contribution in [2.45, 2.75) is 57.9 Å². The molecule has 5 nitrogen and oxygen atoms in total. The van der Waals surface area contributed by atoms with Crippen molar-refractivity contribution in [1.29, 1.82) is 5.26 Å². The van der Waals surface area contributed by atoms with Crippen LogP contribution in [-0.2, 0) is 4.79 Å². The van der Waals surface area contributed by atoms with E-state index in [9.17, 15) is 4.79 Å². The summed E-state index contributed by atoms with van der Waals surface area (Å²) in [7, 11) is 1.56. The lowest BCUT2D eigenvalue weighted by Gasteiger charge is -2.47. The van der Waals surface area contributed by atoms with Gasteiger partial charge in [0.15, 0.2) is 11.5 Å². The fourth-order valence-electron chi connectivity index (χ4n) is 4.63. The normalized spacial score (nSPS) is 24.6. The number of carbonyl (C=O) groups is 1. The zero-order chi connectivity index (χ0) is 19.2. The molecule has 1 aromatic rings.